The van der Waals surface area contributed by atoms with Crippen molar-refractivity contribution in [1.82, 2.24) is 10.3 Å². The van der Waals surface area contributed by atoms with Crippen LogP contribution in [0.15, 0.2) is 5.38 Å². The maximum Gasteiger partial charge on any atom is 0.113 e. The quantitative estimate of drug-likeness (QED) is 0.844. The Kier molecular flexibility index (Phi) is 4.51. The van der Waals surface area contributed by atoms with E-state index in [1.165, 1.54) is 10.7 Å². The minimum atomic E-state index is 0.0198. The van der Waals surface area contributed by atoms with Gasteiger partial charge in [0.25, 0.3) is 0 Å². The Labute approximate surface area is 103 Å². The fourth-order valence-electron chi connectivity index (χ4n) is 1.76. The molecule has 1 unspecified atom stereocenters. The second-order valence-electron chi connectivity index (χ2n) is 5.22. The minimum Gasteiger partial charge on any atom is -0.303 e. The predicted molar refractivity (Wildman–Crippen MR) is 72.1 cm³/mol. The van der Waals surface area contributed by atoms with Crippen LogP contribution in [0.2, 0.25) is 0 Å². The van der Waals surface area contributed by atoms with Crippen molar-refractivity contribution in [3.05, 3.63) is 16.1 Å². The summed E-state index contributed by atoms with van der Waals surface area (Å²) in [6, 6.07) is 0.483. The molecule has 0 spiro atoms. The lowest BCUT2D eigenvalue weighted by molar-refractivity contribution is 0.321. The van der Waals surface area contributed by atoms with Gasteiger partial charge in [0.1, 0.15) is 5.01 Å². The molecule has 0 aromatic carbocycles. The van der Waals surface area contributed by atoms with Crippen molar-refractivity contribution in [3.63, 3.8) is 0 Å². The van der Waals surface area contributed by atoms with Crippen LogP contribution in [-0.4, -0.2) is 11.0 Å². The lowest BCUT2D eigenvalue weighted by Crippen LogP contribution is -2.43. The molecule has 0 fully saturated rings. The Balaban J connectivity index is 2.94. The highest BCUT2D eigenvalue weighted by molar-refractivity contribution is 7.09. The number of nitrogens with zero attached hydrogens (tertiary/aromatic N) is 1. The molecule has 16 heavy (non-hydrogen) atoms. The van der Waals surface area contributed by atoms with Gasteiger partial charge in [0, 0.05) is 11.4 Å². The van der Waals surface area contributed by atoms with Crippen LogP contribution in [0.25, 0.3) is 0 Å². The van der Waals surface area contributed by atoms with Crippen LogP contribution in [-0.2, 0) is 5.54 Å². The molecule has 0 saturated heterocycles. The van der Waals surface area contributed by atoms with Gasteiger partial charge in [0.15, 0.2) is 0 Å². The first-order chi connectivity index (χ1) is 7.39. The fraction of sp³-hybridized carbons (Fsp3) is 0.769. The molecular weight excluding hydrogens is 216 g/mol. The van der Waals surface area contributed by atoms with E-state index in [9.17, 15) is 0 Å². The van der Waals surface area contributed by atoms with Crippen LogP contribution in [0.1, 0.15) is 64.6 Å². The molecule has 1 aromatic rings. The third-order valence-electron chi connectivity index (χ3n) is 2.90. The normalized spacial score (nSPS) is 15.8. The summed E-state index contributed by atoms with van der Waals surface area (Å²) in [7, 11) is 0. The molecule has 0 bridgehead atoms. The first-order valence-electron chi connectivity index (χ1n) is 6.12. The van der Waals surface area contributed by atoms with Crippen molar-refractivity contribution in [1.29, 1.82) is 0 Å². The molecule has 3 heteroatoms. The third kappa shape index (κ3) is 3.05. The van der Waals surface area contributed by atoms with Gasteiger partial charge in [0.05, 0.1) is 11.2 Å². The van der Waals surface area contributed by atoms with Gasteiger partial charge in [-0.15, -0.1) is 11.3 Å². The van der Waals surface area contributed by atoms with Gasteiger partial charge in [-0.2, -0.15) is 0 Å². The molecule has 0 aliphatic rings. The van der Waals surface area contributed by atoms with Crippen LogP contribution < -0.4 is 5.32 Å². The first-order valence-corrected chi connectivity index (χ1v) is 7.00. The van der Waals surface area contributed by atoms with E-state index in [4.69, 9.17) is 4.98 Å². The lowest BCUT2D eigenvalue weighted by Gasteiger charge is -2.30. The van der Waals surface area contributed by atoms with E-state index in [0.717, 1.165) is 6.42 Å². The van der Waals surface area contributed by atoms with E-state index in [1.807, 2.05) is 0 Å². The van der Waals surface area contributed by atoms with Gasteiger partial charge in [0.2, 0.25) is 0 Å². The van der Waals surface area contributed by atoms with E-state index in [1.54, 1.807) is 11.3 Å². The predicted octanol–water partition coefficient (Wildman–Crippen LogP) is 3.89. The third-order valence-corrected chi connectivity index (χ3v) is 4.02. The lowest BCUT2D eigenvalue weighted by atomic mass is 9.98. The van der Waals surface area contributed by atoms with Crippen LogP contribution in [0.3, 0.4) is 0 Å². The summed E-state index contributed by atoms with van der Waals surface area (Å²) in [6.45, 7) is 13.2. The second kappa shape index (κ2) is 5.28. The Bertz CT molecular complexity index is 330. The molecule has 0 saturated carbocycles. The summed E-state index contributed by atoms with van der Waals surface area (Å²) >= 11 is 1.78. The molecule has 2 nitrogen and oxygen atoms in total. The van der Waals surface area contributed by atoms with E-state index < -0.39 is 0 Å². The summed E-state index contributed by atoms with van der Waals surface area (Å²) in [4.78, 5) is 4.76. The molecular formula is C13H24N2S. The number of rotatable bonds is 5. The van der Waals surface area contributed by atoms with Crippen molar-refractivity contribution in [2.24, 2.45) is 0 Å². The van der Waals surface area contributed by atoms with Crippen molar-refractivity contribution >= 4 is 11.3 Å². The molecule has 1 heterocycles. The maximum atomic E-state index is 4.76. The zero-order valence-electron chi connectivity index (χ0n) is 11.3. The molecule has 0 aliphatic heterocycles. The summed E-state index contributed by atoms with van der Waals surface area (Å²) in [5.41, 5.74) is 1.23. The zero-order chi connectivity index (χ0) is 12.3. The zero-order valence-corrected chi connectivity index (χ0v) is 12.1. The number of hydrogen-bond donors (Lipinski definition) is 1. The molecule has 0 aliphatic carbocycles. The highest BCUT2D eigenvalue weighted by Crippen LogP contribution is 2.30. The van der Waals surface area contributed by atoms with Crippen LogP contribution in [0, 0.1) is 0 Å². The van der Waals surface area contributed by atoms with Crippen LogP contribution in [0.4, 0.5) is 0 Å². The van der Waals surface area contributed by atoms with Gasteiger partial charge in [-0.05, 0) is 33.1 Å². The van der Waals surface area contributed by atoms with Gasteiger partial charge >= 0.3 is 0 Å². The molecule has 0 radical (unpaired) electrons. The Morgan fingerprint density at radius 3 is 2.38 bits per heavy atom. The summed E-state index contributed by atoms with van der Waals surface area (Å²) < 4.78 is 0. The van der Waals surface area contributed by atoms with E-state index >= 15 is 0 Å². The van der Waals surface area contributed by atoms with Gasteiger partial charge in [-0.3, -0.25) is 0 Å². The first kappa shape index (κ1) is 13.7. The number of hydrogen-bond acceptors (Lipinski definition) is 3. The van der Waals surface area contributed by atoms with E-state index in [2.05, 4.69) is 52.2 Å². The van der Waals surface area contributed by atoms with Crippen molar-refractivity contribution in [2.45, 2.75) is 65.5 Å². The Morgan fingerprint density at radius 1 is 1.38 bits per heavy atom. The Hall–Kier alpha value is -0.410. The van der Waals surface area contributed by atoms with Crippen molar-refractivity contribution < 1.29 is 0 Å². The molecule has 1 N–H and O–H groups in total. The second-order valence-corrected chi connectivity index (χ2v) is 6.08. The topological polar surface area (TPSA) is 24.9 Å². The standard InChI is InChI=1S/C13H24N2S/c1-7-13(6,15-10(4)5)12-14-11(8-16-12)9(2)3/h8-10,15H,7H2,1-6H3. The fourth-order valence-corrected chi connectivity index (χ4v) is 2.94. The van der Waals surface area contributed by atoms with Gasteiger partial charge in [-0.1, -0.05) is 20.8 Å². The molecule has 1 atom stereocenters. The van der Waals surface area contributed by atoms with Crippen LogP contribution in [0.5, 0.6) is 0 Å². The molecule has 1 aromatic heterocycles. The van der Waals surface area contributed by atoms with E-state index in [-0.39, 0.29) is 5.54 Å². The molecule has 1 rings (SSSR count). The summed E-state index contributed by atoms with van der Waals surface area (Å²) in [6.07, 6.45) is 1.07. The largest absolute Gasteiger partial charge is 0.303 e. The molecule has 92 valence electrons. The number of nitrogens with one attached hydrogen (secondary N) is 1. The van der Waals surface area contributed by atoms with Crippen molar-refractivity contribution in [3.8, 4) is 0 Å². The number of thiazole rings is 1. The van der Waals surface area contributed by atoms with Crippen molar-refractivity contribution in [2.75, 3.05) is 0 Å². The van der Waals surface area contributed by atoms with Gasteiger partial charge in [-0.25, -0.2) is 4.98 Å². The maximum absolute atomic E-state index is 4.76. The average Bonchev–Trinajstić information content (AvgIpc) is 2.65. The number of aromatic nitrogens is 1. The SMILES string of the molecule is CCC(C)(NC(C)C)c1nc(C(C)C)cs1. The van der Waals surface area contributed by atoms with E-state index in [0.29, 0.717) is 12.0 Å². The highest BCUT2D eigenvalue weighted by Gasteiger charge is 2.28. The monoisotopic (exact) mass is 240 g/mol. The van der Waals surface area contributed by atoms with Gasteiger partial charge < -0.3 is 5.32 Å². The Morgan fingerprint density at radius 2 is 2.00 bits per heavy atom. The van der Waals surface area contributed by atoms with Crippen LogP contribution >= 0.6 is 11.3 Å². The average molecular weight is 240 g/mol. The summed E-state index contributed by atoms with van der Waals surface area (Å²) in [5, 5.41) is 7.03. The smallest absolute Gasteiger partial charge is 0.113 e. The molecule has 0 amide bonds. The summed E-state index contributed by atoms with van der Waals surface area (Å²) in [5.74, 6) is 0.519. The highest BCUT2D eigenvalue weighted by atomic mass is 32.1. The minimum absolute atomic E-state index is 0.0198.